The molecule has 4 rings (SSSR count). The van der Waals surface area contributed by atoms with Gasteiger partial charge in [-0.05, 0) is 53.6 Å². The van der Waals surface area contributed by atoms with Crippen LogP contribution >= 0.6 is 0 Å². The van der Waals surface area contributed by atoms with Crippen molar-refractivity contribution in [2.45, 2.75) is 32.5 Å². The van der Waals surface area contributed by atoms with Gasteiger partial charge in [0.15, 0.2) is 5.75 Å². The number of ether oxygens (including phenoxy) is 1. The second-order valence-corrected chi connectivity index (χ2v) is 9.08. The molecule has 0 radical (unpaired) electrons. The molecule has 0 spiro atoms. The van der Waals surface area contributed by atoms with Crippen LogP contribution in [0.25, 0.3) is 0 Å². The smallest absolute Gasteiger partial charge is 0.227 e. The fraction of sp³-hybridized carbons (Fsp3) is 0.156. The van der Waals surface area contributed by atoms with E-state index in [-0.39, 0.29) is 37.7 Å². The van der Waals surface area contributed by atoms with E-state index >= 15 is 0 Å². The van der Waals surface area contributed by atoms with Crippen LogP contribution in [0.1, 0.15) is 35.1 Å². The van der Waals surface area contributed by atoms with Crippen molar-refractivity contribution in [3.05, 3.63) is 125 Å². The minimum atomic E-state index is -0.402. The lowest BCUT2D eigenvalue weighted by molar-refractivity contribution is -0.125. The molecule has 0 aliphatic rings. The summed E-state index contributed by atoms with van der Waals surface area (Å²) in [5, 5.41) is 11.8. The SMILES string of the molecule is N#Cc1ccc(CN(C(=O)CCC(=O)NCc2ccccc2F)c2ccccc2Oc2cccc(CN)c2)cc1. The highest BCUT2D eigenvalue weighted by atomic mass is 19.1. The van der Waals surface area contributed by atoms with Gasteiger partial charge in [-0.2, -0.15) is 5.26 Å². The van der Waals surface area contributed by atoms with E-state index in [2.05, 4.69) is 11.4 Å². The number of rotatable bonds is 11. The lowest BCUT2D eigenvalue weighted by Crippen LogP contribution is -2.32. The fourth-order valence-corrected chi connectivity index (χ4v) is 4.08. The first kappa shape index (κ1) is 28.0. The molecule has 0 saturated heterocycles. The first-order chi connectivity index (χ1) is 19.5. The zero-order valence-corrected chi connectivity index (χ0v) is 21.8. The zero-order valence-electron chi connectivity index (χ0n) is 21.8. The molecule has 0 bridgehead atoms. The Morgan fingerprint density at radius 3 is 2.40 bits per heavy atom. The van der Waals surface area contributed by atoms with Gasteiger partial charge >= 0.3 is 0 Å². The molecule has 0 unspecified atom stereocenters. The monoisotopic (exact) mass is 536 g/mol. The highest BCUT2D eigenvalue weighted by Gasteiger charge is 2.21. The van der Waals surface area contributed by atoms with Crippen molar-refractivity contribution >= 4 is 17.5 Å². The molecule has 202 valence electrons. The summed E-state index contributed by atoms with van der Waals surface area (Å²) in [6.07, 6.45) is -0.144. The Morgan fingerprint density at radius 2 is 1.65 bits per heavy atom. The highest BCUT2D eigenvalue weighted by molar-refractivity contribution is 5.96. The molecule has 7 nitrogen and oxygen atoms in total. The van der Waals surface area contributed by atoms with Crippen LogP contribution in [0.2, 0.25) is 0 Å². The number of hydrogen-bond donors (Lipinski definition) is 2. The quantitative estimate of drug-likeness (QED) is 0.260. The fourth-order valence-electron chi connectivity index (χ4n) is 4.08. The third kappa shape index (κ3) is 7.53. The Morgan fingerprint density at radius 1 is 0.900 bits per heavy atom. The number of benzene rings is 4. The van der Waals surface area contributed by atoms with Crippen LogP contribution < -0.4 is 20.7 Å². The number of carbonyl (C=O) groups excluding carboxylic acids is 2. The van der Waals surface area contributed by atoms with Crippen molar-refractivity contribution in [2.75, 3.05) is 4.90 Å². The summed E-state index contributed by atoms with van der Waals surface area (Å²) < 4.78 is 20.1. The minimum Gasteiger partial charge on any atom is -0.455 e. The molecule has 0 saturated carbocycles. The Bertz CT molecular complexity index is 1520. The van der Waals surface area contributed by atoms with Crippen molar-refractivity contribution in [3.63, 3.8) is 0 Å². The van der Waals surface area contributed by atoms with Crippen molar-refractivity contribution < 1.29 is 18.7 Å². The van der Waals surface area contributed by atoms with E-state index in [1.165, 1.54) is 6.07 Å². The highest BCUT2D eigenvalue weighted by Crippen LogP contribution is 2.34. The molecule has 4 aromatic carbocycles. The third-order valence-corrected chi connectivity index (χ3v) is 6.24. The number of anilines is 1. The van der Waals surface area contributed by atoms with Gasteiger partial charge in [-0.25, -0.2) is 4.39 Å². The van der Waals surface area contributed by atoms with E-state index in [4.69, 9.17) is 15.7 Å². The van der Waals surface area contributed by atoms with E-state index < -0.39 is 5.82 Å². The maximum atomic E-state index is 13.9. The van der Waals surface area contributed by atoms with Crippen molar-refractivity contribution in [1.29, 1.82) is 5.26 Å². The number of hydrogen-bond acceptors (Lipinski definition) is 5. The summed E-state index contributed by atoms with van der Waals surface area (Å²) in [6.45, 7) is 0.596. The maximum absolute atomic E-state index is 13.9. The molecular formula is C32H29FN4O3. The Kier molecular flexibility index (Phi) is 9.59. The Balaban J connectivity index is 1.53. The lowest BCUT2D eigenvalue weighted by atomic mass is 10.1. The average molecular weight is 537 g/mol. The van der Waals surface area contributed by atoms with E-state index in [1.807, 2.05) is 30.3 Å². The molecular weight excluding hydrogens is 507 g/mol. The first-order valence-electron chi connectivity index (χ1n) is 12.8. The summed E-state index contributed by atoms with van der Waals surface area (Å²) in [5.74, 6) is -0.0207. The van der Waals surface area contributed by atoms with Crippen LogP contribution in [0.15, 0.2) is 97.1 Å². The average Bonchev–Trinajstić information content (AvgIpc) is 2.99. The lowest BCUT2D eigenvalue weighted by Gasteiger charge is -2.25. The van der Waals surface area contributed by atoms with Crippen LogP contribution in [0, 0.1) is 17.1 Å². The van der Waals surface area contributed by atoms with E-state index in [9.17, 15) is 14.0 Å². The van der Waals surface area contributed by atoms with Gasteiger partial charge in [-0.15, -0.1) is 0 Å². The van der Waals surface area contributed by atoms with Crippen LogP contribution in [-0.2, 0) is 29.2 Å². The number of nitriles is 1. The topological polar surface area (TPSA) is 108 Å². The predicted octanol–water partition coefficient (Wildman–Crippen LogP) is 5.58. The normalized spacial score (nSPS) is 10.4. The van der Waals surface area contributed by atoms with Gasteiger partial charge in [-0.1, -0.05) is 54.6 Å². The Labute approximate surface area is 232 Å². The van der Waals surface area contributed by atoms with Crippen LogP contribution in [0.4, 0.5) is 10.1 Å². The minimum absolute atomic E-state index is 0.0349. The van der Waals surface area contributed by atoms with E-state index in [1.54, 1.807) is 65.6 Å². The zero-order chi connectivity index (χ0) is 28.3. The molecule has 0 aromatic heterocycles. The molecule has 0 fully saturated rings. The number of amides is 2. The van der Waals surface area contributed by atoms with Gasteiger partial charge in [0.25, 0.3) is 0 Å². The first-order valence-corrected chi connectivity index (χ1v) is 12.8. The van der Waals surface area contributed by atoms with Gasteiger partial charge < -0.3 is 20.7 Å². The maximum Gasteiger partial charge on any atom is 0.227 e. The Hall–Kier alpha value is -5.00. The van der Waals surface area contributed by atoms with Gasteiger partial charge in [0.1, 0.15) is 11.6 Å². The van der Waals surface area contributed by atoms with Crippen LogP contribution in [0.5, 0.6) is 11.5 Å². The third-order valence-electron chi connectivity index (χ3n) is 6.24. The molecule has 40 heavy (non-hydrogen) atoms. The van der Waals surface area contributed by atoms with Gasteiger partial charge in [0, 0.05) is 31.5 Å². The van der Waals surface area contributed by atoms with Crippen LogP contribution in [-0.4, -0.2) is 11.8 Å². The molecule has 0 aliphatic carbocycles. The van der Waals surface area contributed by atoms with Crippen molar-refractivity contribution in [2.24, 2.45) is 5.73 Å². The van der Waals surface area contributed by atoms with Crippen LogP contribution in [0.3, 0.4) is 0 Å². The van der Waals surface area contributed by atoms with E-state index in [0.29, 0.717) is 34.9 Å². The number of nitrogens with one attached hydrogen (secondary N) is 1. The number of nitrogens with zero attached hydrogens (tertiary/aromatic N) is 2. The van der Waals surface area contributed by atoms with Gasteiger partial charge in [0.2, 0.25) is 11.8 Å². The summed E-state index contributed by atoms with van der Waals surface area (Å²) in [5.41, 5.74) is 8.89. The summed E-state index contributed by atoms with van der Waals surface area (Å²) in [4.78, 5) is 27.7. The second kappa shape index (κ2) is 13.7. The number of halogens is 1. The molecule has 0 heterocycles. The molecule has 0 atom stereocenters. The molecule has 4 aromatic rings. The van der Waals surface area contributed by atoms with Crippen molar-refractivity contribution in [1.82, 2.24) is 5.32 Å². The second-order valence-electron chi connectivity index (χ2n) is 9.08. The number of para-hydroxylation sites is 2. The number of nitrogens with two attached hydrogens (primary N) is 1. The van der Waals surface area contributed by atoms with Crippen molar-refractivity contribution in [3.8, 4) is 17.6 Å². The largest absolute Gasteiger partial charge is 0.455 e. The standard InChI is InChI=1S/C32H29FN4O3/c33-28-9-2-1-7-26(28)21-36-31(38)16-17-32(39)37(22-24-14-12-23(19-34)13-15-24)29-10-3-4-11-30(29)40-27-8-5-6-25(18-27)20-35/h1-15,18H,16-17,20-22,35H2,(H,36,38). The molecule has 0 aliphatic heterocycles. The molecule has 2 amide bonds. The summed E-state index contributed by atoms with van der Waals surface area (Å²) in [6, 6.07) is 29.8. The van der Waals surface area contributed by atoms with Gasteiger partial charge in [0.05, 0.1) is 23.9 Å². The molecule has 3 N–H and O–H groups in total. The van der Waals surface area contributed by atoms with Gasteiger partial charge in [-0.3, -0.25) is 9.59 Å². The number of carbonyl (C=O) groups is 2. The molecule has 8 heteroatoms. The predicted molar refractivity (Wildman–Crippen MR) is 151 cm³/mol. The van der Waals surface area contributed by atoms with E-state index in [0.717, 1.165) is 11.1 Å². The summed E-state index contributed by atoms with van der Waals surface area (Å²) in [7, 11) is 0. The summed E-state index contributed by atoms with van der Waals surface area (Å²) >= 11 is 0.